The zero-order valence-electron chi connectivity index (χ0n) is 11.0. The summed E-state index contributed by atoms with van der Waals surface area (Å²) in [7, 11) is 1.69. The van der Waals surface area contributed by atoms with Crippen molar-refractivity contribution in [3.05, 3.63) is 59.8 Å². The number of rotatable bonds is 4. The number of halogens is 1. The molecule has 102 valence electrons. The van der Waals surface area contributed by atoms with Crippen LogP contribution in [0.5, 0.6) is 0 Å². The van der Waals surface area contributed by atoms with Crippen LogP contribution < -0.4 is 10.6 Å². The van der Waals surface area contributed by atoms with Crippen LogP contribution in [0.2, 0.25) is 0 Å². The Kier molecular flexibility index (Phi) is 4.10. The van der Waals surface area contributed by atoms with Crippen molar-refractivity contribution in [1.82, 2.24) is 4.98 Å². The molecule has 1 heterocycles. The molecular weight excluding hydrogens is 257 g/mol. The van der Waals surface area contributed by atoms with E-state index < -0.39 is 5.95 Å². The van der Waals surface area contributed by atoms with Gasteiger partial charge in [0.2, 0.25) is 5.95 Å². The number of nitrogen functional groups attached to an aromatic ring is 1. The molecule has 0 radical (unpaired) electrons. The number of carbonyl (C=O) groups excluding carboxylic acids is 1. The van der Waals surface area contributed by atoms with Crippen LogP contribution in [0.4, 0.5) is 15.8 Å². The van der Waals surface area contributed by atoms with E-state index in [0.29, 0.717) is 22.5 Å². The van der Waals surface area contributed by atoms with Crippen LogP contribution in [0.1, 0.15) is 15.9 Å². The van der Waals surface area contributed by atoms with Crippen molar-refractivity contribution < 1.29 is 9.18 Å². The monoisotopic (exact) mass is 271 g/mol. The summed E-state index contributed by atoms with van der Waals surface area (Å²) in [5.41, 5.74) is 7.76. The van der Waals surface area contributed by atoms with E-state index in [1.807, 2.05) is 0 Å². The average Bonchev–Trinajstić information content (AvgIpc) is 2.46. The minimum absolute atomic E-state index is 0.339. The summed E-state index contributed by atoms with van der Waals surface area (Å²) in [6.45, 7) is 0. The fourth-order valence-electron chi connectivity index (χ4n) is 1.80. The third-order valence-electron chi connectivity index (χ3n) is 2.88. The minimum Gasteiger partial charge on any atom is -0.398 e. The first-order valence-corrected chi connectivity index (χ1v) is 5.98. The van der Waals surface area contributed by atoms with Gasteiger partial charge in [-0.05, 0) is 24.3 Å². The maximum absolute atomic E-state index is 13.5. The fourth-order valence-corrected chi connectivity index (χ4v) is 1.80. The summed E-state index contributed by atoms with van der Waals surface area (Å²) in [4.78, 5) is 16.1. The van der Waals surface area contributed by atoms with Crippen LogP contribution >= 0.6 is 0 Å². The van der Waals surface area contributed by atoms with Crippen LogP contribution in [0.3, 0.4) is 0 Å². The van der Waals surface area contributed by atoms with Crippen molar-refractivity contribution in [3.8, 4) is 0 Å². The summed E-state index contributed by atoms with van der Waals surface area (Å²) in [6.07, 6.45) is 5.43. The molecule has 0 aliphatic heterocycles. The second-order valence-electron chi connectivity index (χ2n) is 4.21. The number of nitrogens with zero attached hydrogens (tertiary/aromatic N) is 2. The first kappa shape index (κ1) is 13.7. The van der Waals surface area contributed by atoms with E-state index in [9.17, 15) is 9.18 Å². The number of pyridine rings is 1. The predicted octanol–water partition coefficient (Wildman–Crippen LogP) is 2.72. The largest absolute Gasteiger partial charge is 0.398 e. The van der Waals surface area contributed by atoms with E-state index in [1.165, 1.54) is 6.20 Å². The summed E-state index contributed by atoms with van der Waals surface area (Å²) < 4.78 is 13.5. The molecule has 0 saturated heterocycles. The van der Waals surface area contributed by atoms with Gasteiger partial charge < -0.3 is 10.6 Å². The SMILES string of the molecule is CN(/C=C\c1c(N)cccc1C=O)c1cccnc1F. The Balaban J connectivity index is 2.30. The van der Waals surface area contributed by atoms with Gasteiger partial charge in [-0.25, -0.2) is 4.98 Å². The van der Waals surface area contributed by atoms with Crippen LogP contribution in [0, 0.1) is 5.95 Å². The van der Waals surface area contributed by atoms with E-state index in [-0.39, 0.29) is 0 Å². The predicted molar refractivity (Wildman–Crippen MR) is 77.9 cm³/mol. The number of carbonyl (C=O) groups is 1. The fraction of sp³-hybridized carbons (Fsp3) is 0.0667. The van der Waals surface area contributed by atoms with Gasteiger partial charge in [0.15, 0.2) is 6.29 Å². The standard InChI is InChI=1S/C15H14FN3O/c1-19(14-6-3-8-18-15(14)16)9-7-12-11(10-20)4-2-5-13(12)17/h2-10H,17H2,1H3/b9-7-. The number of anilines is 2. The van der Waals surface area contributed by atoms with Crippen LogP contribution in [0.15, 0.2) is 42.7 Å². The lowest BCUT2D eigenvalue weighted by molar-refractivity contribution is 0.112. The first-order chi connectivity index (χ1) is 9.63. The molecule has 0 amide bonds. The molecule has 0 saturated carbocycles. The third-order valence-corrected chi connectivity index (χ3v) is 2.88. The zero-order valence-corrected chi connectivity index (χ0v) is 11.0. The Morgan fingerprint density at radius 3 is 2.80 bits per heavy atom. The Labute approximate surface area is 116 Å². The van der Waals surface area contributed by atoms with Crippen molar-refractivity contribution in [1.29, 1.82) is 0 Å². The molecule has 1 aromatic carbocycles. The number of aldehydes is 1. The van der Waals surface area contributed by atoms with Gasteiger partial charge >= 0.3 is 0 Å². The van der Waals surface area contributed by atoms with Gasteiger partial charge in [0.25, 0.3) is 0 Å². The third kappa shape index (κ3) is 2.83. The van der Waals surface area contributed by atoms with E-state index in [0.717, 1.165) is 6.29 Å². The lowest BCUT2D eigenvalue weighted by Crippen LogP contribution is -2.10. The number of nitrogens with two attached hydrogens (primary N) is 1. The zero-order chi connectivity index (χ0) is 14.5. The highest BCUT2D eigenvalue weighted by Gasteiger charge is 2.06. The van der Waals surface area contributed by atoms with Crippen molar-refractivity contribution in [2.24, 2.45) is 0 Å². The molecule has 0 aliphatic rings. The number of aromatic nitrogens is 1. The molecule has 2 aromatic rings. The maximum atomic E-state index is 13.5. The van der Waals surface area contributed by atoms with Crippen molar-refractivity contribution in [3.63, 3.8) is 0 Å². The molecule has 0 spiro atoms. The molecule has 20 heavy (non-hydrogen) atoms. The first-order valence-electron chi connectivity index (χ1n) is 5.98. The lowest BCUT2D eigenvalue weighted by Gasteiger charge is -2.14. The summed E-state index contributed by atoms with van der Waals surface area (Å²) in [6, 6.07) is 8.35. The molecule has 0 fully saturated rings. The van der Waals surface area contributed by atoms with E-state index >= 15 is 0 Å². The van der Waals surface area contributed by atoms with E-state index in [2.05, 4.69) is 4.98 Å². The van der Waals surface area contributed by atoms with Gasteiger partial charge in [-0.1, -0.05) is 12.1 Å². The number of hydrogen-bond acceptors (Lipinski definition) is 4. The molecule has 0 atom stereocenters. The van der Waals surface area contributed by atoms with Gasteiger partial charge in [-0.2, -0.15) is 4.39 Å². The van der Waals surface area contributed by atoms with Crippen molar-refractivity contribution in [2.45, 2.75) is 0 Å². The molecule has 4 nitrogen and oxygen atoms in total. The van der Waals surface area contributed by atoms with Crippen molar-refractivity contribution >= 4 is 23.7 Å². The Morgan fingerprint density at radius 2 is 2.10 bits per heavy atom. The molecule has 0 unspecified atom stereocenters. The average molecular weight is 271 g/mol. The second-order valence-corrected chi connectivity index (χ2v) is 4.21. The van der Waals surface area contributed by atoms with Gasteiger partial charge in [-0.15, -0.1) is 0 Å². The number of benzene rings is 1. The normalized spacial score (nSPS) is 10.7. The summed E-state index contributed by atoms with van der Waals surface area (Å²) in [5, 5.41) is 0. The lowest BCUT2D eigenvalue weighted by atomic mass is 10.1. The Bertz CT molecular complexity index is 655. The quantitative estimate of drug-likeness (QED) is 0.527. The molecule has 2 rings (SSSR count). The van der Waals surface area contributed by atoms with Gasteiger partial charge in [0.05, 0.1) is 5.69 Å². The van der Waals surface area contributed by atoms with Crippen LogP contribution in [-0.2, 0) is 0 Å². The number of hydrogen-bond donors (Lipinski definition) is 1. The highest BCUT2D eigenvalue weighted by atomic mass is 19.1. The molecule has 1 aromatic heterocycles. The van der Waals surface area contributed by atoms with Gasteiger partial charge in [0, 0.05) is 36.3 Å². The van der Waals surface area contributed by atoms with E-state index in [4.69, 9.17) is 5.73 Å². The minimum atomic E-state index is -0.559. The Morgan fingerprint density at radius 1 is 1.30 bits per heavy atom. The molecule has 2 N–H and O–H groups in total. The smallest absolute Gasteiger partial charge is 0.236 e. The summed E-state index contributed by atoms with van der Waals surface area (Å²) in [5.74, 6) is -0.559. The highest BCUT2D eigenvalue weighted by molar-refractivity contribution is 5.86. The molecule has 5 heteroatoms. The van der Waals surface area contributed by atoms with Crippen LogP contribution in [0.25, 0.3) is 6.08 Å². The van der Waals surface area contributed by atoms with Crippen molar-refractivity contribution in [2.75, 3.05) is 17.7 Å². The highest BCUT2D eigenvalue weighted by Crippen LogP contribution is 2.20. The molecular formula is C15H14FN3O. The van der Waals surface area contributed by atoms with Gasteiger partial charge in [-0.3, -0.25) is 4.79 Å². The molecule has 0 bridgehead atoms. The second kappa shape index (κ2) is 5.97. The van der Waals surface area contributed by atoms with E-state index in [1.54, 1.807) is 54.6 Å². The molecule has 0 aliphatic carbocycles. The van der Waals surface area contributed by atoms with Crippen LogP contribution in [-0.4, -0.2) is 18.3 Å². The topological polar surface area (TPSA) is 59.2 Å². The maximum Gasteiger partial charge on any atom is 0.236 e. The Hall–Kier alpha value is -2.69. The summed E-state index contributed by atoms with van der Waals surface area (Å²) >= 11 is 0. The van der Waals surface area contributed by atoms with Gasteiger partial charge in [0.1, 0.15) is 0 Å².